The third kappa shape index (κ3) is 4.87. The molecule has 1 aliphatic carbocycles. The van der Waals surface area contributed by atoms with Gasteiger partial charge in [0.25, 0.3) is 5.91 Å². The van der Waals surface area contributed by atoms with Gasteiger partial charge in [-0.2, -0.15) is 0 Å². The molecule has 1 aromatic heterocycles. The maximum absolute atomic E-state index is 13.0. The molecule has 2 aromatic rings. The zero-order chi connectivity index (χ0) is 21.7. The number of methoxy groups -OCH3 is 2. The largest absolute Gasteiger partial charge is 0.493 e. The van der Waals surface area contributed by atoms with Crippen molar-refractivity contribution in [2.24, 2.45) is 5.92 Å². The summed E-state index contributed by atoms with van der Waals surface area (Å²) in [6.07, 6.45) is 4.58. The first-order valence-corrected chi connectivity index (χ1v) is 10.9. The lowest BCUT2D eigenvalue weighted by atomic mass is 9.97. The first-order valence-electron chi connectivity index (χ1n) is 10.0. The van der Waals surface area contributed by atoms with Gasteiger partial charge in [-0.15, -0.1) is 11.3 Å². The SMILES string of the molecule is COc1cc(NC(=O)N[C@H](c2cccs2)C2CCCC2)c(C(=O)N(C)C)cc1OC. The fourth-order valence-corrected chi connectivity index (χ4v) is 4.75. The molecule has 1 aliphatic rings. The van der Waals surface area contributed by atoms with Gasteiger partial charge in [0.1, 0.15) is 0 Å². The molecule has 0 radical (unpaired) electrons. The predicted octanol–water partition coefficient (Wildman–Crippen LogP) is 4.52. The number of benzene rings is 1. The van der Waals surface area contributed by atoms with E-state index in [-0.39, 0.29) is 18.0 Å². The van der Waals surface area contributed by atoms with Gasteiger partial charge < -0.3 is 25.0 Å². The van der Waals surface area contributed by atoms with Crippen molar-refractivity contribution in [2.45, 2.75) is 31.7 Å². The van der Waals surface area contributed by atoms with Gasteiger partial charge >= 0.3 is 6.03 Å². The Bertz CT molecular complexity index is 877. The number of carbonyl (C=O) groups is 2. The number of rotatable bonds is 7. The monoisotopic (exact) mass is 431 g/mol. The lowest BCUT2D eigenvalue weighted by Crippen LogP contribution is -2.36. The van der Waals surface area contributed by atoms with Crippen LogP contribution in [0.2, 0.25) is 0 Å². The van der Waals surface area contributed by atoms with Crippen LogP contribution in [0.5, 0.6) is 11.5 Å². The lowest BCUT2D eigenvalue weighted by Gasteiger charge is -2.24. The Morgan fingerprint density at radius 2 is 1.80 bits per heavy atom. The summed E-state index contributed by atoms with van der Waals surface area (Å²) in [6.45, 7) is 0. The topological polar surface area (TPSA) is 79.9 Å². The Morgan fingerprint density at radius 3 is 2.37 bits per heavy atom. The van der Waals surface area contributed by atoms with E-state index in [1.807, 2.05) is 11.4 Å². The Hall–Kier alpha value is -2.74. The molecule has 1 heterocycles. The Labute approximate surface area is 181 Å². The van der Waals surface area contributed by atoms with Crippen LogP contribution in [-0.2, 0) is 0 Å². The summed E-state index contributed by atoms with van der Waals surface area (Å²) in [7, 11) is 6.35. The Morgan fingerprint density at radius 1 is 1.13 bits per heavy atom. The summed E-state index contributed by atoms with van der Waals surface area (Å²) in [4.78, 5) is 28.3. The first kappa shape index (κ1) is 22.0. The molecule has 2 N–H and O–H groups in total. The third-order valence-corrected chi connectivity index (χ3v) is 6.37. The molecule has 0 unspecified atom stereocenters. The van der Waals surface area contributed by atoms with Crippen molar-refractivity contribution in [3.05, 3.63) is 40.1 Å². The number of carbonyl (C=O) groups excluding carboxylic acids is 2. The van der Waals surface area contributed by atoms with E-state index in [1.54, 1.807) is 37.6 Å². The minimum Gasteiger partial charge on any atom is -0.493 e. The van der Waals surface area contributed by atoms with Gasteiger partial charge in [0.2, 0.25) is 0 Å². The van der Waals surface area contributed by atoms with Gasteiger partial charge in [0, 0.05) is 25.0 Å². The second kappa shape index (κ2) is 9.84. The van der Waals surface area contributed by atoms with Crippen molar-refractivity contribution >= 4 is 29.0 Å². The van der Waals surface area contributed by atoms with Crippen LogP contribution in [0.25, 0.3) is 0 Å². The van der Waals surface area contributed by atoms with Crippen LogP contribution in [0.15, 0.2) is 29.6 Å². The van der Waals surface area contributed by atoms with Crippen LogP contribution in [0.4, 0.5) is 10.5 Å². The number of anilines is 1. The molecule has 0 aliphatic heterocycles. The summed E-state index contributed by atoms with van der Waals surface area (Å²) >= 11 is 1.65. The van der Waals surface area contributed by atoms with E-state index in [0.29, 0.717) is 28.7 Å². The highest BCUT2D eigenvalue weighted by molar-refractivity contribution is 7.10. The molecular weight excluding hydrogens is 402 g/mol. The van der Waals surface area contributed by atoms with Crippen molar-refractivity contribution in [3.63, 3.8) is 0 Å². The van der Waals surface area contributed by atoms with E-state index in [2.05, 4.69) is 16.7 Å². The van der Waals surface area contributed by atoms with Crippen molar-refractivity contribution in [2.75, 3.05) is 33.6 Å². The molecule has 1 aromatic carbocycles. The molecule has 1 fully saturated rings. The van der Waals surface area contributed by atoms with Gasteiger partial charge in [-0.3, -0.25) is 4.79 Å². The van der Waals surface area contributed by atoms with Crippen LogP contribution < -0.4 is 20.1 Å². The summed E-state index contributed by atoms with van der Waals surface area (Å²) in [5.41, 5.74) is 0.710. The van der Waals surface area contributed by atoms with Crippen molar-refractivity contribution < 1.29 is 19.1 Å². The molecule has 30 heavy (non-hydrogen) atoms. The van der Waals surface area contributed by atoms with E-state index in [1.165, 1.54) is 32.0 Å². The minimum atomic E-state index is -0.347. The second-order valence-corrected chi connectivity index (χ2v) is 8.57. The molecule has 7 nitrogen and oxygen atoms in total. The number of urea groups is 1. The molecular formula is C22H29N3O4S. The minimum absolute atomic E-state index is 0.0411. The molecule has 1 atom stereocenters. The maximum Gasteiger partial charge on any atom is 0.319 e. The fourth-order valence-electron chi connectivity index (χ4n) is 3.88. The molecule has 3 rings (SSSR count). The number of hydrogen-bond acceptors (Lipinski definition) is 5. The van der Waals surface area contributed by atoms with Gasteiger partial charge in [0.15, 0.2) is 11.5 Å². The molecule has 8 heteroatoms. The van der Waals surface area contributed by atoms with Gasteiger partial charge in [-0.1, -0.05) is 18.9 Å². The van der Waals surface area contributed by atoms with Gasteiger partial charge in [-0.25, -0.2) is 4.79 Å². The maximum atomic E-state index is 13.0. The van der Waals surface area contributed by atoms with E-state index in [0.717, 1.165) is 17.7 Å². The molecule has 0 spiro atoms. The lowest BCUT2D eigenvalue weighted by molar-refractivity contribution is 0.0828. The summed E-state index contributed by atoms with van der Waals surface area (Å²) in [5, 5.41) is 8.02. The van der Waals surface area contributed by atoms with Crippen LogP contribution >= 0.6 is 11.3 Å². The van der Waals surface area contributed by atoms with Crippen molar-refractivity contribution in [3.8, 4) is 11.5 Å². The number of thiophene rings is 1. The van der Waals surface area contributed by atoms with Gasteiger partial charge in [0.05, 0.1) is 31.5 Å². The summed E-state index contributed by atoms with van der Waals surface area (Å²) in [5.74, 6) is 1.05. The Balaban J connectivity index is 1.86. The molecule has 0 saturated heterocycles. The highest BCUT2D eigenvalue weighted by atomic mass is 32.1. The fraction of sp³-hybridized carbons (Fsp3) is 0.455. The number of ether oxygens (including phenoxy) is 2. The highest BCUT2D eigenvalue weighted by Gasteiger charge is 2.29. The summed E-state index contributed by atoms with van der Waals surface area (Å²) in [6, 6.07) is 6.88. The average Bonchev–Trinajstić information content (AvgIpc) is 3.45. The third-order valence-electron chi connectivity index (χ3n) is 5.42. The van der Waals surface area contributed by atoms with Crippen LogP contribution in [-0.4, -0.2) is 45.2 Å². The zero-order valence-corrected chi connectivity index (χ0v) is 18.7. The standard InChI is InChI=1S/C22H29N3O4S/c1-25(2)21(26)15-12-17(28-3)18(29-4)13-16(15)23-22(27)24-20(14-8-5-6-9-14)19-10-7-11-30-19/h7,10-14,20H,5-6,8-9H2,1-4H3,(H2,23,24,27)/t20-/m0/s1. The average molecular weight is 432 g/mol. The van der Waals surface area contributed by atoms with E-state index in [4.69, 9.17) is 9.47 Å². The van der Waals surface area contributed by atoms with Gasteiger partial charge in [-0.05, 0) is 36.3 Å². The zero-order valence-electron chi connectivity index (χ0n) is 17.9. The van der Waals surface area contributed by atoms with E-state index >= 15 is 0 Å². The number of nitrogens with zero attached hydrogens (tertiary/aromatic N) is 1. The van der Waals surface area contributed by atoms with Crippen molar-refractivity contribution in [1.82, 2.24) is 10.2 Å². The predicted molar refractivity (Wildman–Crippen MR) is 119 cm³/mol. The highest BCUT2D eigenvalue weighted by Crippen LogP contribution is 2.38. The smallest absolute Gasteiger partial charge is 0.319 e. The quantitative estimate of drug-likeness (QED) is 0.675. The second-order valence-electron chi connectivity index (χ2n) is 7.59. The Kier molecular flexibility index (Phi) is 7.20. The number of hydrogen-bond donors (Lipinski definition) is 2. The van der Waals surface area contributed by atoms with Crippen LogP contribution in [0.3, 0.4) is 0 Å². The summed E-state index contributed by atoms with van der Waals surface area (Å²) < 4.78 is 10.7. The number of amides is 3. The molecule has 3 amide bonds. The molecule has 0 bridgehead atoms. The van der Waals surface area contributed by atoms with Crippen LogP contribution in [0.1, 0.15) is 47.0 Å². The van der Waals surface area contributed by atoms with Crippen molar-refractivity contribution in [1.29, 1.82) is 0 Å². The van der Waals surface area contributed by atoms with E-state index in [9.17, 15) is 9.59 Å². The molecule has 1 saturated carbocycles. The first-order chi connectivity index (χ1) is 14.4. The number of nitrogens with one attached hydrogen (secondary N) is 2. The van der Waals surface area contributed by atoms with E-state index < -0.39 is 0 Å². The van der Waals surface area contributed by atoms with Crippen LogP contribution in [0, 0.1) is 5.92 Å². The normalized spacial score (nSPS) is 14.8. The molecule has 162 valence electrons.